The van der Waals surface area contributed by atoms with Gasteiger partial charge in [0.05, 0.1) is 5.52 Å². The Morgan fingerprint density at radius 1 is 0.467 bits per heavy atom. The molecule has 9 aromatic rings. The van der Waals surface area contributed by atoms with Gasteiger partial charge in [-0.2, -0.15) is 0 Å². The Labute approximate surface area is 350 Å². The van der Waals surface area contributed by atoms with Crippen LogP contribution in [0, 0.1) is 0 Å². The number of rotatable bonds is 8. The van der Waals surface area contributed by atoms with Gasteiger partial charge in [-0.05, 0) is 96.1 Å². The second-order valence-electron chi connectivity index (χ2n) is 15.4. The monoisotopic (exact) mass is 771 g/mol. The summed E-state index contributed by atoms with van der Waals surface area (Å²) in [6, 6.07) is 62.1. The van der Waals surface area contributed by atoms with E-state index in [9.17, 15) is 0 Å². The van der Waals surface area contributed by atoms with Gasteiger partial charge < -0.3 is 9.47 Å². The molecule has 11 rings (SSSR count). The van der Waals surface area contributed by atoms with Gasteiger partial charge in [0.2, 0.25) is 0 Å². The van der Waals surface area contributed by atoms with Crippen LogP contribution in [0.1, 0.15) is 36.3 Å². The summed E-state index contributed by atoms with van der Waals surface area (Å²) >= 11 is 0. The third kappa shape index (κ3) is 6.32. The lowest BCUT2D eigenvalue weighted by atomic mass is 9.89. The molecule has 0 aliphatic heterocycles. The zero-order valence-corrected chi connectivity index (χ0v) is 33.1. The van der Waals surface area contributed by atoms with Crippen molar-refractivity contribution in [3.8, 4) is 33.9 Å². The number of anilines is 3. The Balaban J connectivity index is 1.12. The first-order valence-corrected chi connectivity index (χ1v) is 20.8. The largest absolute Gasteiger partial charge is 0.313 e. The van der Waals surface area contributed by atoms with Crippen molar-refractivity contribution in [2.45, 2.75) is 25.7 Å². The maximum absolute atomic E-state index is 5.26. The summed E-state index contributed by atoms with van der Waals surface area (Å²) in [7, 11) is 0. The zero-order valence-electron chi connectivity index (χ0n) is 33.1. The molecule has 0 saturated carbocycles. The fourth-order valence-electron chi connectivity index (χ4n) is 9.01. The molecule has 5 nitrogen and oxygen atoms in total. The molecular weight excluding hydrogens is 731 g/mol. The van der Waals surface area contributed by atoms with Gasteiger partial charge in [-0.1, -0.05) is 152 Å². The van der Waals surface area contributed by atoms with E-state index in [4.69, 9.17) is 15.0 Å². The van der Waals surface area contributed by atoms with E-state index in [0.29, 0.717) is 17.5 Å². The zero-order chi connectivity index (χ0) is 39.8. The van der Waals surface area contributed by atoms with Gasteiger partial charge in [-0.15, -0.1) is 0 Å². The summed E-state index contributed by atoms with van der Waals surface area (Å²) in [4.78, 5) is 17.9. The average Bonchev–Trinajstić information content (AvgIpc) is 3.68. The molecule has 0 saturated heterocycles. The number of benzene rings is 7. The standard InChI is InChI=1S/C55H41N5/c1-6-19-39(20-7-1)53-56-54(40-21-8-2-9-22-40)58-55(57-53)47-31-18-32-49-52(47)51-46-30-17-16-29-45(46)48(37-50(51)60(49)43-27-14-5-15-28-43)38-33-35-44(36-34-38)59(41-23-10-3-11-24-41)42-25-12-4-13-26-42/h1-4,6-14,16-17,19-31,33-37H,5,15,18,32H2. The van der Waals surface area contributed by atoms with Crippen molar-refractivity contribution in [2.24, 2.45) is 0 Å². The maximum Gasteiger partial charge on any atom is 0.164 e. The van der Waals surface area contributed by atoms with Crippen molar-refractivity contribution in [3.05, 3.63) is 217 Å². The van der Waals surface area contributed by atoms with Crippen LogP contribution in [0.25, 0.3) is 66.8 Å². The molecule has 60 heavy (non-hydrogen) atoms. The van der Waals surface area contributed by atoms with Gasteiger partial charge >= 0.3 is 0 Å². The highest BCUT2D eigenvalue weighted by Crippen LogP contribution is 2.46. The highest BCUT2D eigenvalue weighted by Gasteiger charge is 2.29. The maximum atomic E-state index is 5.26. The number of nitrogens with zero attached hydrogens (tertiary/aromatic N) is 5. The van der Waals surface area contributed by atoms with Crippen LogP contribution in [0.2, 0.25) is 0 Å². The average molecular weight is 772 g/mol. The molecule has 2 aliphatic rings. The number of para-hydroxylation sites is 2. The van der Waals surface area contributed by atoms with Crippen LogP contribution >= 0.6 is 0 Å². The second-order valence-corrected chi connectivity index (χ2v) is 15.4. The Morgan fingerprint density at radius 3 is 1.62 bits per heavy atom. The van der Waals surface area contributed by atoms with E-state index in [0.717, 1.165) is 59.4 Å². The van der Waals surface area contributed by atoms with Crippen molar-refractivity contribution in [3.63, 3.8) is 0 Å². The minimum absolute atomic E-state index is 0.669. The second kappa shape index (κ2) is 15.3. The molecule has 0 fully saturated rings. The molecular formula is C55H41N5. The first-order valence-electron chi connectivity index (χ1n) is 20.8. The van der Waals surface area contributed by atoms with Gasteiger partial charge in [0.1, 0.15) is 0 Å². The summed E-state index contributed by atoms with van der Waals surface area (Å²) in [6.07, 6.45) is 13.2. The number of allylic oxidation sites excluding steroid dienone is 5. The minimum Gasteiger partial charge on any atom is -0.313 e. The summed E-state index contributed by atoms with van der Waals surface area (Å²) in [5, 5.41) is 3.66. The van der Waals surface area contributed by atoms with E-state index < -0.39 is 0 Å². The van der Waals surface area contributed by atoms with Crippen LogP contribution in [0.3, 0.4) is 0 Å². The van der Waals surface area contributed by atoms with E-state index in [1.807, 2.05) is 36.4 Å². The number of hydrogen-bond acceptors (Lipinski definition) is 4. The van der Waals surface area contributed by atoms with E-state index in [2.05, 4.69) is 173 Å². The molecule has 0 N–H and O–H groups in total. The van der Waals surface area contributed by atoms with Crippen LogP contribution in [-0.2, 0) is 6.42 Å². The molecule has 0 spiro atoms. The molecule has 2 heterocycles. The van der Waals surface area contributed by atoms with Crippen LogP contribution in [0.4, 0.5) is 17.1 Å². The predicted octanol–water partition coefficient (Wildman–Crippen LogP) is 14.0. The Kier molecular flexibility index (Phi) is 9.04. The first kappa shape index (κ1) is 35.5. The Hall–Kier alpha value is -7.63. The van der Waals surface area contributed by atoms with Crippen LogP contribution in [-0.4, -0.2) is 19.5 Å². The van der Waals surface area contributed by atoms with Crippen molar-refractivity contribution in [1.82, 2.24) is 19.5 Å². The van der Waals surface area contributed by atoms with Gasteiger partial charge in [0.25, 0.3) is 0 Å². The van der Waals surface area contributed by atoms with E-state index >= 15 is 0 Å². The van der Waals surface area contributed by atoms with E-state index in [-0.39, 0.29) is 0 Å². The van der Waals surface area contributed by atoms with Crippen molar-refractivity contribution in [2.75, 3.05) is 4.90 Å². The van der Waals surface area contributed by atoms with Gasteiger partial charge in [0.15, 0.2) is 17.5 Å². The topological polar surface area (TPSA) is 46.8 Å². The summed E-state index contributed by atoms with van der Waals surface area (Å²) < 4.78 is 2.53. The third-order valence-electron chi connectivity index (χ3n) is 11.7. The van der Waals surface area contributed by atoms with Gasteiger partial charge in [-0.3, -0.25) is 0 Å². The third-order valence-corrected chi connectivity index (χ3v) is 11.7. The lowest BCUT2D eigenvalue weighted by molar-refractivity contribution is 0.883. The SMILES string of the molecule is C1=CC(n2c3c(c4c5ccccc5c(-c5ccc(N(c6ccccc6)c6ccccc6)cc5)cc42)C(c2nc(-c4ccccc4)nc(-c4ccccc4)n2)=CCC3)=CCC1. The number of aromatic nitrogens is 4. The van der Waals surface area contributed by atoms with Gasteiger partial charge in [0, 0.05) is 56.1 Å². The number of fused-ring (bicyclic) bond motifs is 5. The molecule has 0 bridgehead atoms. The van der Waals surface area contributed by atoms with E-state index in [1.165, 1.54) is 49.8 Å². The fraction of sp³-hybridized carbons (Fsp3) is 0.0727. The van der Waals surface area contributed by atoms with Crippen LogP contribution in [0.15, 0.2) is 200 Å². The Bertz CT molecular complexity index is 3010. The first-order chi connectivity index (χ1) is 29.8. The van der Waals surface area contributed by atoms with Crippen molar-refractivity contribution in [1.29, 1.82) is 0 Å². The molecule has 286 valence electrons. The lowest BCUT2D eigenvalue weighted by Crippen LogP contribution is -2.10. The normalized spacial score (nSPS) is 13.5. The molecule has 0 radical (unpaired) electrons. The van der Waals surface area contributed by atoms with E-state index in [1.54, 1.807) is 0 Å². The molecule has 0 amide bonds. The predicted molar refractivity (Wildman–Crippen MR) is 248 cm³/mol. The quantitative estimate of drug-likeness (QED) is 0.154. The summed E-state index contributed by atoms with van der Waals surface area (Å²) in [5.74, 6) is 2.03. The number of hydrogen-bond donors (Lipinski definition) is 0. The Morgan fingerprint density at radius 2 is 1.02 bits per heavy atom. The highest BCUT2D eigenvalue weighted by molar-refractivity contribution is 6.19. The van der Waals surface area contributed by atoms with Crippen molar-refractivity contribution < 1.29 is 0 Å². The molecule has 0 unspecified atom stereocenters. The van der Waals surface area contributed by atoms with Gasteiger partial charge in [-0.25, -0.2) is 15.0 Å². The smallest absolute Gasteiger partial charge is 0.164 e. The van der Waals surface area contributed by atoms with Crippen LogP contribution in [0.5, 0.6) is 0 Å². The molecule has 2 aliphatic carbocycles. The summed E-state index contributed by atoms with van der Waals surface area (Å²) in [6.45, 7) is 0. The molecule has 5 heteroatoms. The van der Waals surface area contributed by atoms with Crippen molar-refractivity contribution >= 4 is 50.0 Å². The molecule has 0 atom stereocenters. The van der Waals surface area contributed by atoms with Crippen LogP contribution < -0.4 is 4.90 Å². The molecule has 7 aromatic carbocycles. The summed E-state index contributed by atoms with van der Waals surface area (Å²) in [5.41, 5.74) is 13.6. The highest BCUT2D eigenvalue weighted by atomic mass is 15.1. The molecule has 2 aromatic heterocycles. The lowest BCUT2D eigenvalue weighted by Gasteiger charge is -2.25. The fourth-order valence-corrected chi connectivity index (χ4v) is 9.01. The minimum atomic E-state index is 0.669.